The minimum Gasteiger partial charge on any atom is -0.467 e. The number of methoxy groups -OCH3 is 1. The number of hydrogen-bond donors (Lipinski definition) is 2. The van der Waals surface area contributed by atoms with Crippen LogP contribution in [0.25, 0.3) is 0 Å². The molecule has 26 heavy (non-hydrogen) atoms. The number of ether oxygens (including phenoxy) is 1. The summed E-state index contributed by atoms with van der Waals surface area (Å²) in [7, 11) is 1.32. The lowest BCUT2D eigenvalue weighted by molar-refractivity contribution is 0.0600. The summed E-state index contributed by atoms with van der Waals surface area (Å²) in [6.07, 6.45) is 3.16. The van der Waals surface area contributed by atoms with Crippen molar-refractivity contribution in [3.05, 3.63) is 78.0 Å². The second-order valence-corrected chi connectivity index (χ2v) is 5.39. The molecule has 0 atom stereocenters. The predicted molar refractivity (Wildman–Crippen MR) is 96.0 cm³/mol. The summed E-state index contributed by atoms with van der Waals surface area (Å²) in [5.74, 6) is 0.0100. The molecule has 2 aromatic heterocycles. The second kappa shape index (κ2) is 7.98. The number of aromatic nitrogens is 1. The predicted octanol–water partition coefficient (Wildman–Crippen LogP) is 3.33. The van der Waals surface area contributed by atoms with Gasteiger partial charge in [-0.2, -0.15) is 0 Å². The number of benzene rings is 1. The van der Waals surface area contributed by atoms with Gasteiger partial charge in [-0.15, -0.1) is 0 Å². The number of furan rings is 1. The Morgan fingerprint density at radius 2 is 1.92 bits per heavy atom. The zero-order valence-corrected chi connectivity index (χ0v) is 14.1. The fourth-order valence-corrected chi connectivity index (χ4v) is 2.27. The average molecular weight is 351 g/mol. The Morgan fingerprint density at radius 1 is 1.12 bits per heavy atom. The number of nitrogens with zero attached hydrogens (tertiary/aromatic N) is 1. The lowest BCUT2D eigenvalue weighted by Gasteiger charge is -2.08. The second-order valence-electron chi connectivity index (χ2n) is 5.39. The Labute approximate surface area is 150 Å². The summed E-state index contributed by atoms with van der Waals surface area (Å²) in [6.45, 7) is 0.507. The Morgan fingerprint density at radius 3 is 2.62 bits per heavy atom. The number of carbonyl (C=O) groups excluding carboxylic acids is 2. The van der Waals surface area contributed by atoms with E-state index in [0.29, 0.717) is 17.8 Å². The van der Waals surface area contributed by atoms with Crippen molar-refractivity contribution in [2.45, 2.75) is 6.54 Å². The molecule has 7 nitrogen and oxygen atoms in total. The topological polar surface area (TPSA) is 93.5 Å². The van der Waals surface area contributed by atoms with E-state index in [0.717, 1.165) is 11.4 Å². The van der Waals surface area contributed by atoms with Crippen molar-refractivity contribution in [1.82, 2.24) is 4.98 Å². The summed E-state index contributed by atoms with van der Waals surface area (Å²) in [5, 5.41) is 5.91. The van der Waals surface area contributed by atoms with Crippen molar-refractivity contribution in [2.75, 3.05) is 17.7 Å². The zero-order valence-electron chi connectivity index (χ0n) is 14.1. The Hall–Kier alpha value is -3.61. The standard InChI is InChI=1S/C19H17N3O4/c1-25-19(24)13-4-6-14(7-5-13)22-18(23)17-11-15(8-9-20-17)21-12-16-3-2-10-26-16/h2-11H,12H2,1H3,(H,20,21)(H,22,23). The normalized spacial score (nSPS) is 10.2. The van der Waals surface area contributed by atoms with Crippen molar-refractivity contribution >= 4 is 23.3 Å². The van der Waals surface area contributed by atoms with E-state index in [-0.39, 0.29) is 11.6 Å². The van der Waals surface area contributed by atoms with Gasteiger partial charge in [0.25, 0.3) is 5.91 Å². The lowest BCUT2D eigenvalue weighted by atomic mass is 10.2. The molecule has 0 aliphatic rings. The van der Waals surface area contributed by atoms with Crippen molar-refractivity contribution in [3.8, 4) is 0 Å². The molecule has 0 fully saturated rings. The molecule has 3 aromatic rings. The number of pyridine rings is 1. The highest BCUT2D eigenvalue weighted by molar-refractivity contribution is 6.03. The number of hydrogen-bond acceptors (Lipinski definition) is 6. The van der Waals surface area contributed by atoms with Crippen molar-refractivity contribution in [2.24, 2.45) is 0 Å². The van der Waals surface area contributed by atoms with E-state index in [9.17, 15) is 9.59 Å². The summed E-state index contributed by atoms with van der Waals surface area (Å²) >= 11 is 0. The van der Waals surface area contributed by atoms with Gasteiger partial charge in [-0.1, -0.05) is 0 Å². The van der Waals surface area contributed by atoms with Gasteiger partial charge in [0.05, 0.1) is 25.5 Å². The molecular formula is C19H17N3O4. The smallest absolute Gasteiger partial charge is 0.337 e. The molecule has 132 valence electrons. The summed E-state index contributed by atoms with van der Waals surface area (Å²) in [6, 6.07) is 13.5. The molecule has 1 aromatic carbocycles. The first kappa shape index (κ1) is 17.2. The number of carbonyl (C=O) groups is 2. The maximum Gasteiger partial charge on any atom is 0.337 e. The largest absolute Gasteiger partial charge is 0.467 e. The van der Waals surface area contributed by atoms with Crippen LogP contribution in [-0.2, 0) is 11.3 Å². The van der Waals surface area contributed by atoms with E-state index >= 15 is 0 Å². The molecule has 0 saturated heterocycles. The minimum absolute atomic E-state index is 0.270. The molecule has 0 radical (unpaired) electrons. The summed E-state index contributed by atoms with van der Waals surface area (Å²) in [4.78, 5) is 27.9. The van der Waals surface area contributed by atoms with Gasteiger partial charge in [-0.3, -0.25) is 9.78 Å². The van der Waals surface area contributed by atoms with Crippen LogP contribution in [0.15, 0.2) is 65.4 Å². The van der Waals surface area contributed by atoms with Gasteiger partial charge in [-0.25, -0.2) is 4.79 Å². The van der Waals surface area contributed by atoms with Crippen LogP contribution in [0.2, 0.25) is 0 Å². The minimum atomic E-state index is -0.431. The van der Waals surface area contributed by atoms with E-state index in [4.69, 9.17) is 4.42 Å². The van der Waals surface area contributed by atoms with E-state index in [1.54, 1.807) is 48.9 Å². The van der Waals surface area contributed by atoms with E-state index in [1.165, 1.54) is 7.11 Å². The fourth-order valence-electron chi connectivity index (χ4n) is 2.27. The highest BCUT2D eigenvalue weighted by Crippen LogP contribution is 2.14. The zero-order chi connectivity index (χ0) is 18.4. The summed E-state index contributed by atoms with van der Waals surface area (Å²) < 4.78 is 9.90. The number of anilines is 2. The van der Waals surface area contributed by atoms with Gasteiger partial charge in [0, 0.05) is 17.6 Å². The van der Waals surface area contributed by atoms with Gasteiger partial charge < -0.3 is 19.8 Å². The van der Waals surface area contributed by atoms with Gasteiger partial charge in [-0.05, 0) is 48.5 Å². The Kier molecular flexibility index (Phi) is 5.28. The van der Waals surface area contributed by atoms with Gasteiger partial charge >= 0.3 is 5.97 Å². The number of esters is 1. The highest BCUT2D eigenvalue weighted by Gasteiger charge is 2.10. The van der Waals surface area contributed by atoms with Gasteiger partial charge in [0.15, 0.2) is 0 Å². The SMILES string of the molecule is COC(=O)c1ccc(NC(=O)c2cc(NCc3ccco3)ccn2)cc1. The number of rotatable bonds is 6. The number of nitrogens with one attached hydrogen (secondary N) is 2. The monoisotopic (exact) mass is 351 g/mol. The van der Waals surface area contributed by atoms with Crippen LogP contribution in [0.1, 0.15) is 26.6 Å². The molecule has 3 rings (SSSR count). The average Bonchev–Trinajstić information content (AvgIpc) is 3.20. The molecule has 2 heterocycles. The molecular weight excluding hydrogens is 334 g/mol. The van der Waals surface area contributed by atoms with Crippen LogP contribution in [0.4, 0.5) is 11.4 Å². The van der Waals surface area contributed by atoms with Crippen molar-refractivity contribution in [1.29, 1.82) is 0 Å². The highest BCUT2D eigenvalue weighted by atomic mass is 16.5. The molecule has 0 bridgehead atoms. The lowest BCUT2D eigenvalue weighted by Crippen LogP contribution is -2.14. The van der Waals surface area contributed by atoms with E-state index in [2.05, 4.69) is 20.4 Å². The Balaban J connectivity index is 1.64. The molecule has 0 aliphatic carbocycles. The fraction of sp³-hybridized carbons (Fsp3) is 0.105. The van der Waals surface area contributed by atoms with Crippen LogP contribution in [0.3, 0.4) is 0 Å². The first-order chi connectivity index (χ1) is 12.7. The molecule has 0 spiro atoms. The maximum atomic E-state index is 12.4. The van der Waals surface area contributed by atoms with Crippen LogP contribution in [-0.4, -0.2) is 24.0 Å². The first-order valence-electron chi connectivity index (χ1n) is 7.88. The molecule has 0 aliphatic heterocycles. The van der Waals surface area contributed by atoms with Gasteiger partial charge in [0.2, 0.25) is 0 Å². The number of amides is 1. The molecule has 7 heteroatoms. The van der Waals surface area contributed by atoms with Crippen molar-refractivity contribution in [3.63, 3.8) is 0 Å². The van der Waals surface area contributed by atoms with Crippen LogP contribution >= 0.6 is 0 Å². The summed E-state index contributed by atoms with van der Waals surface area (Å²) in [5.41, 5.74) is 1.99. The third-order valence-corrected chi connectivity index (χ3v) is 3.60. The van der Waals surface area contributed by atoms with Crippen LogP contribution < -0.4 is 10.6 Å². The Bertz CT molecular complexity index is 889. The van der Waals surface area contributed by atoms with E-state index in [1.807, 2.05) is 12.1 Å². The molecule has 2 N–H and O–H groups in total. The third kappa shape index (κ3) is 4.27. The molecule has 0 unspecified atom stereocenters. The van der Waals surface area contributed by atoms with Crippen LogP contribution in [0.5, 0.6) is 0 Å². The third-order valence-electron chi connectivity index (χ3n) is 3.60. The van der Waals surface area contributed by atoms with Crippen molar-refractivity contribution < 1.29 is 18.7 Å². The maximum absolute atomic E-state index is 12.4. The van der Waals surface area contributed by atoms with Crippen LogP contribution in [0, 0.1) is 0 Å². The van der Waals surface area contributed by atoms with E-state index < -0.39 is 5.97 Å². The quantitative estimate of drug-likeness (QED) is 0.662. The molecule has 1 amide bonds. The first-order valence-corrected chi connectivity index (χ1v) is 7.88. The van der Waals surface area contributed by atoms with Gasteiger partial charge in [0.1, 0.15) is 11.5 Å². The molecule has 0 saturated carbocycles.